The number of alkyl carbamates (subject to hydrolysis) is 2. The summed E-state index contributed by atoms with van der Waals surface area (Å²) >= 11 is 0. The summed E-state index contributed by atoms with van der Waals surface area (Å²) in [5.41, 5.74) is 26.9. The molecule has 79 heavy (non-hydrogen) atoms. The van der Waals surface area contributed by atoms with Gasteiger partial charge in [-0.15, -0.1) is 0 Å². The van der Waals surface area contributed by atoms with E-state index in [0.717, 1.165) is 22.3 Å². The average Bonchev–Trinajstić information content (AvgIpc) is 3.93. The van der Waals surface area contributed by atoms with Gasteiger partial charge in [-0.3, -0.25) is 9.59 Å². The first-order chi connectivity index (χ1) is 37.6. The maximum atomic E-state index is 12.5. The Labute approximate surface area is 461 Å². The Hall–Kier alpha value is -7.98. The van der Waals surface area contributed by atoms with Crippen molar-refractivity contribution in [3.8, 4) is 0 Å². The summed E-state index contributed by atoms with van der Waals surface area (Å²) in [4.78, 5) is 89.9. The van der Waals surface area contributed by atoms with Crippen LogP contribution in [-0.2, 0) is 80.1 Å². The molecule has 6 atom stereocenters. The second kappa shape index (κ2) is 35.4. The van der Waals surface area contributed by atoms with Crippen molar-refractivity contribution < 1.29 is 62.4 Å². The quantitative estimate of drug-likeness (QED) is 0.0137. The van der Waals surface area contributed by atoms with Crippen molar-refractivity contribution in [2.75, 3.05) is 6.54 Å². The molecular weight excluding hydrogens is 1020 g/mol. The van der Waals surface area contributed by atoms with Gasteiger partial charge >= 0.3 is 42.0 Å². The van der Waals surface area contributed by atoms with Crippen molar-refractivity contribution in [2.24, 2.45) is 28.9 Å². The number of benzene rings is 4. The molecule has 5 rings (SSSR count). The molecule has 0 aliphatic rings. The number of hydrogen-bond acceptors (Lipinski definition) is 17. The van der Waals surface area contributed by atoms with Crippen LogP contribution in [0.1, 0.15) is 94.7 Å². The van der Waals surface area contributed by atoms with Crippen molar-refractivity contribution in [3.63, 3.8) is 0 Å². The largest absolute Gasteiger partial charge is 0.481 e. The Morgan fingerprint density at radius 3 is 1.63 bits per heavy atom. The zero-order valence-electron chi connectivity index (χ0n) is 45.6. The third kappa shape index (κ3) is 28.8. The highest BCUT2D eigenvalue weighted by atomic mass is 16.6. The third-order valence-electron chi connectivity index (χ3n) is 11.2. The third-order valence-corrected chi connectivity index (χ3v) is 11.2. The van der Waals surface area contributed by atoms with Crippen LogP contribution in [0.5, 0.6) is 0 Å². The maximum absolute atomic E-state index is 12.5. The number of nitrogens with one attached hydrogen (secondary N) is 3. The van der Waals surface area contributed by atoms with Gasteiger partial charge in [-0.25, -0.2) is 29.0 Å². The monoisotopic (exact) mass is 1090 g/mol. The van der Waals surface area contributed by atoms with Crippen molar-refractivity contribution in [3.05, 3.63) is 162 Å². The normalized spacial score (nSPS) is 13.1. The molecule has 4 aromatic carbocycles. The van der Waals surface area contributed by atoms with Gasteiger partial charge in [0.1, 0.15) is 49.1 Å². The van der Waals surface area contributed by atoms with E-state index in [-0.39, 0.29) is 32.0 Å². The lowest BCUT2D eigenvalue weighted by Gasteiger charge is -2.25. The number of aromatic amines is 1. The lowest BCUT2D eigenvalue weighted by atomic mass is 9.98. The summed E-state index contributed by atoms with van der Waals surface area (Å²) in [6.45, 7) is 9.98. The number of ether oxygens (including phenoxy) is 5. The zero-order valence-corrected chi connectivity index (χ0v) is 45.6. The molecule has 0 spiro atoms. The molecule has 0 saturated carbocycles. The molecule has 2 amide bonds. The Balaban J connectivity index is 0.000000314. The van der Waals surface area contributed by atoms with Crippen molar-refractivity contribution >= 4 is 42.0 Å². The van der Waals surface area contributed by atoms with E-state index in [9.17, 15) is 33.6 Å². The van der Waals surface area contributed by atoms with Gasteiger partial charge in [0.15, 0.2) is 0 Å². The molecule has 0 radical (unpaired) electrons. The van der Waals surface area contributed by atoms with Crippen LogP contribution in [0.3, 0.4) is 0 Å². The van der Waals surface area contributed by atoms with Gasteiger partial charge in [0, 0.05) is 31.6 Å². The number of amides is 2. The number of H-pyrrole nitrogens is 1. The molecule has 21 heteroatoms. The topological polar surface area (TPSA) is 343 Å². The van der Waals surface area contributed by atoms with E-state index in [1.54, 1.807) is 27.0 Å². The predicted molar refractivity (Wildman–Crippen MR) is 295 cm³/mol. The summed E-state index contributed by atoms with van der Waals surface area (Å²) in [5.74, 6) is -3.58. The van der Waals surface area contributed by atoms with Crippen LogP contribution in [0, 0.1) is 5.92 Å². The molecular formula is C58H78N8O13. The molecule has 5 aromatic rings. The smallest absolute Gasteiger partial charge is 0.408 e. The number of carboxylic acids is 1. The van der Waals surface area contributed by atoms with E-state index >= 15 is 0 Å². The Kier molecular flexibility index (Phi) is 29.3. The minimum Gasteiger partial charge on any atom is -0.481 e. The number of nitrogens with zero attached hydrogens (tertiary/aromatic N) is 1. The van der Waals surface area contributed by atoms with Gasteiger partial charge < -0.3 is 67.3 Å². The van der Waals surface area contributed by atoms with Gasteiger partial charge in [0.25, 0.3) is 0 Å². The molecule has 12 N–H and O–H groups in total. The maximum Gasteiger partial charge on any atom is 0.408 e. The number of esters is 4. The highest BCUT2D eigenvalue weighted by Crippen LogP contribution is 2.15. The number of carbonyl (C=O) groups excluding carboxylic acids is 6. The molecule has 0 aliphatic carbocycles. The Bertz CT molecular complexity index is 2570. The first kappa shape index (κ1) is 65.3. The molecule has 0 aliphatic heterocycles. The van der Waals surface area contributed by atoms with Crippen LogP contribution < -0.4 is 33.6 Å². The molecule has 0 saturated heterocycles. The molecule has 0 fully saturated rings. The lowest BCUT2D eigenvalue weighted by Crippen LogP contribution is -2.45. The summed E-state index contributed by atoms with van der Waals surface area (Å²) < 4.78 is 25.8. The minimum atomic E-state index is -1.06. The van der Waals surface area contributed by atoms with Crippen LogP contribution in [0.15, 0.2) is 134 Å². The lowest BCUT2D eigenvalue weighted by molar-refractivity contribution is -0.162. The molecule has 21 nitrogen and oxygen atoms in total. The van der Waals surface area contributed by atoms with E-state index in [0.29, 0.717) is 50.8 Å². The summed E-state index contributed by atoms with van der Waals surface area (Å²) in [6, 6.07) is 33.4. The van der Waals surface area contributed by atoms with Gasteiger partial charge in [0.05, 0.1) is 18.4 Å². The number of unbranched alkanes of at least 4 members (excludes halogenated alkanes) is 1. The highest BCUT2D eigenvalue weighted by Gasteiger charge is 2.29. The SMILES string of the molecule is CC(C)(C)OC(=O)N[C@@H](Cc1ccccc1)C(=O)OCc1ccccc1.CC(C)C[C@H](N)[C@H](CC(=O)O)OC(=O)[C@@H](N)Cc1ccccc1.N[C@@H](CCCCNC(=O)OCc1ccccc1)C(=O)OC(=O)[C@@H](N)Cc1c[nH]cn1. The van der Waals surface area contributed by atoms with Crippen LogP contribution in [0.4, 0.5) is 9.59 Å². The molecule has 1 heterocycles. The van der Waals surface area contributed by atoms with Gasteiger partial charge in [-0.1, -0.05) is 135 Å². The fourth-order valence-corrected chi connectivity index (χ4v) is 7.19. The number of carboxylic acid groups (broad SMARTS) is 1. The zero-order chi connectivity index (χ0) is 58.2. The van der Waals surface area contributed by atoms with Gasteiger partial charge in [-0.2, -0.15) is 0 Å². The number of carbonyl (C=O) groups is 7. The fraction of sp³-hybridized carbons (Fsp3) is 0.414. The second-order valence-electron chi connectivity index (χ2n) is 19.8. The number of aromatic nitrogens is 2. The summed E-state index contributed by atoms with van der Waals surface area (Å²) in [7, 11) is 0. The standard InChI is InChI=1S/C21H25NO4.C20H27N5O5.C17H26N2O4/c1-21(2,3)26-20(24)22-18(14-16-10-6-4-7-11-16)19(23)25-15-17-12-8-5-9-13-17;21-16(18(26)30-19(27)17(22)10-15-11-23-13-25-15)8-4-5-9-24-20(28)29-12-14-6-2-1-3-7-14;1-11(2)8-13(18)15(10-16(20)21)23-17(22)14(19)9-12-6-4-3-5-7-12/h4-13,18H,14-15H2,1-3H3,(H,22,24);1-3,6-7,11,13,16-17H,4-5,8-10,12,21-22H2,(H,23,25)(H,24,28);3-7,11,13-15H,8-10,18-19H2,1-2H3,(H,20,21)/t18-;16-,17-;13-,14-,15-/m000/s1. The van der Waals surface area contributed by atoms with Crippen LogP contribution >= 0.6 is 0 Å². The van der Waals surface area contributed by atoms with Crippen molar-refractivity contribution in [2.45, 2.75) is 141 Å². The van der Waals surface area contributed by atoms with Gasteiger partial charge in [0.2, 0.25) is 0 Å². The predicted octanol–water partition coefficient (Wildman–Crippen LogP) is 5.96. The number of imidazole rings is 1. The van der Waals surface area contributed by atoms with E-state index < -0.39 is 83.9 Å². The average molecular weight is 1100 g/mol. The van der Waals surface area contributed by atoms with E-state index in [1.165, 1.54) is 6.33 Å². The van der Waals surface area contributed by atoms with Gasteiger partial charge in [-0.05, 0) is 81.0 Å². The molecule has 1 aromatic heterocycles. The van der Waals surface area contributed by atoms with E-state index in [4.69, 9.17) is 51.7 Å². The summed E-state index contributed by atoms with van der Waals surface area (Å²) in [5, 5.41) is 14.2. The first-order valence-corrected chi connectivity index (χ1v) is 26.0. The van der Waals surface area contributed by atoms with E-state index in [2.05, 4.69) is 20.6 Å². The second-order valence-corrected chi connectivity index (χ2v) is 19.8. The minimum absolute atomic E-state index is 0.150. The Morgan fingerprint density at radius 1 is 0.620 bits per heavy atom. The Morgan fingerprint density at radius 2 is 1.13 bits per heavy atom. The number of nitrogens with two attached hydrogens (primary N) is 4. The van der Waals surface area contributed by atoms with Crippen molar-refractivity contribution in [1.29, 1.82) is 0 Å². The number of rotatable bonds is 26. The number of hydrogen-bond donors (Lipinski definition) is 8. The summed E-state index contributed by atoms with van der Waals surface area (Å²) in [6.07, 6.45) is 3.55. The van der Waals surface area contributed by atoms with Crippen LogP contribution in [0.25, 0.3) is 0 Å². The van der Waals surface area contributed by atoms with E-state index in [1.807, 2.05) is 135 Å². The highest BCUT2D eigenvalue weighted by molar-refractivity contribution is 5.90. The first-order valence-electron chi connectivity index (χ1n) is 26.0. The van der Waals surface area contributed by atoms with Crippen molar-refractivity contribution in [1.82, 2.24) is 20.6 Å². The molecule has 0 bridgehead atoms. The fourth-order valence-electron chi connectivity index (χ4n) is 7.19. The van der Waals surface area contributed by atoms with Crippen LogP contribution in [0.2, 0.25) is 0 Å². The van der Waals surface area contributed by atoms with Crippen LogP contribution in [-0.4, -0.2) is 106 Å². The molecule has 428 valence electrons. The number of aliphatic carboxylic acids is 1. The molecule has 0 unspecified atom stereocenters.